The highest BCUT2D eigenvalue weighted by Gasteiger charge is 2.12. The average molecular weight is 137 g/mol. The molecule has 0 aliphatic carbocycles. The van der Waals surface area contributed by atoms with Crippen LogP contribution in [-0.2, 0) is 0 Å². The summed E-state index contributed by atoms with van der Waals surface area (Å²) >= 11 is 0. The Balaban J connectivity index is 2.93. The molecule has 0 spiro atoms. The van der Waals surface area contributed by atoms with E-state index in [4.69, 9.17) is 5.11 Å². The molecular weight excluding hydrogens is 126 g/mol. The van der Waals surface area contributed by atoms with Crippen molar-refractivity contribution in [1.82, 2.24) is 0 Å². The number of hydrogen-bond acceptors (Lipinski definition) is 2. The summed E-state index contributed by atoms with van der Waals surface area (Å²) in [5, 5.41) is 9.12. The van der Waals surface area contributed by atoms with Crippen molar-refractivity contribution in [2.45, 2.75) is 13.8 Å². The second-order valence-electron chi connectivity index (χ2n) is 2.98. The normalized spacial score (nSPS) is 22.0. The Morgan fingerprint density at radius 2 is 2.20 bits per heavy atom. The first-order chi connectivity index (χ1) is 4.60. The van der Waals surface area contributed by atoms with Gasteiger partial charge in [-0.1, -0.05) is 13.8 Å². The number of allylic oxidation sites excluding steroid dienone is 2. The predicted octanol–water partition coefficient (Wildman–Crippen LogP) is 2.05. The molecule has 0 aromatic carbocycles. The van der Waals surface area contributed by atoms with Crippen LogP contribution >= 0.6 is 0 Å². The standard InChI is InChI=1S/C8H11NO/c1-8(2)5-7(10)3-4-9-6-8/h3-6,10H,1-2H3. The summed E-state index contributed by atoms with van der Waals surface area (Å²) in [5.41, 5.74) is -0.131. The van der Waals surface area contributed by atoms with E-state index in [1.54, 1.807) is 24.6 Å². The SMILES string of the molecule is CC1(C)C=NC=CC(O)=C1. The molecule has 1 rings (SSSR count). The second kappa shape index (κ2) is 2.29. The Bertz CT molecular complexity index is 211. The third kappa shape index (κ3) is 1.72. The third-order valence-corrected chi connectivity index (χ3v) is 1.26. The molecular formula is C8H11NO. The lowest BCUT2D eigenvalue weighted by molar-refractivity contribution is 0.422. The van der Waals surface area contributed by atoms with Crippen LogP contribution in [0.15, 0.2) is 29.1 Å². The molecule has 54 valence electrons. The molecule has 0 aromatic rings. The highest BCUT2D eigenvalue weighted by atomic mass is 16.3. The van der Waals surface area contributed by atoms with E-state index < -0.39 is 0 Å². The van der Waals surface area contributed by atoms with E-state index >= 15 is 0 Å². The lowest BCUT2D eigenvalue weighted by atomic mass is 9.95. The van der Waals surface area contributed by atoms with Crippen molar-refractivity contribution in [1.29, 1.82) is 0 Å². The topological polar surface area (TPSA) is 32.6 Å². The smallest absolute Gasteiger partial charge is 0.114 e. The van der Waals surface area contributed by atoms with Gasteiger partial charge in [-0.3, -0.25) is 4.99 Å². The van der Waals surface area contributed by atoms with Crippen LogP contribution in [0.1, 0.15) is 13.8 Å². The van der Waals surface area contributed by atoms with Gasteiger partial charge in [0.1, 0.15) is 5.76 Å². The van der Waals surface area contributed by atoms with E-state index in [0.717, 1.165) is 0 Å². The van der Waals surface area contributed by atoms with Gasteiger partial charge in [0.25, 0.3) is 0 Å². The largest absolute Gasteiger partial charge is 0.508 e. The molecule has 0 amide bonds. The molecule has 0 aromatic heterocycles. The van der Waals surface area contributed by atoms with Crippen molar-refractivity contribution in [2.24, 2.45) is 10.4 Å². The van der Waals surface area contributed by atoms with Crippen molar-refractivity contribution in [3.63, 3.8) is 0 Å². The summed E-state index contributed by atoms with van der Waals surface area (Å²) in [6.07, 6.45) is 6.72. The van der Waals surface area contributed by atoms with Crippen LogP contribution in [0.3, 0.4) is 0 Å². The predicted molar refractivity (Wildman–Crippen MR) is 42.1 cm³/mol. The summed E-state index contributed by atoms with van der Waals surface area (Å²) in [7, 11) is 0. The summed E-state index contributed by atoms with van der Waals surface area (Å²) in [6.45, 7) is 3.97. The summed E-state index contributed by atoms with van der Waals surface area (Å²) in [5.74, 6) is 0.280. The third-order valence-electron chi connectivity index (χ3n) is 1.26. The Morgan fingerprint density at radius 3 is 2.90 bits per heavy atom. The monoisotopic (exact) mass is 137 g/mol. The Labute approximate surface area is 60.6 Å². The van der Waals surface area contributed by atoms with E-state index in [2.05, 4.69) is 4.99 Å². The van der Waals surface area contributed by atoms with Crippen LogP contribution in [0.2, 0.25) is 0 Å². The van der Waals surface area contributed by atoms with Crippen molar-refractivity contribution < 1.29 is 5.11 Å². The van der Waals surface area contributed by atoms with Crippen LogP contribution in [0.4, 0.5) is 0 Å². The number of aliphatic hydroxyl groups excluding tert-OH is 1. The van der Waals surface area contributed by atoms with E-state index in [9.17, 15) is 0 Å². The van der Waals surface area contributed by atoms with Crippen LogP contribution in [0.25, 0.3) is 0 Å². The van der Waals surface area contributed by atoms with Gasteiger partial charge in [0.05, 0.1) is 0 Å². The number of aliphatic hydroxyl groups is 1. The molecule has 0 saturated heterocycles. The van der Waals surface area contributed by atoms with Crippen LogP contribution < -0.4 is 0 Å². The first kappa shape index (κ1) is 7.06. The fraction of sp³-hybridized carbons (Fsp3) is 0.375. The minimum absolute atomic E-state index is 0.131. The van der Waals surface area contributed by atoms with Crippen LogP contribution in [0.5, 0.6) is 0 Å². The molecule has 1 aliphatic heterocycles. The van der Waals surface area contributed by atoms with E-state index in [0.29, 0.717) is 0 Å². The highest BCUT2D eigenvalue weighted by molar-refractivity contribution is 5.69. The van der Waals surface area contributed by atoms with Crippen molar-refractivity contribution >= 4 is 6.21 Å². The number of nitrogens with zero attached hydrogens (tertiary/aromatic N) is 1. The minimum atomic E-state index is -0.131. The fourth-order valence-corrected chi connectivity index (χ4v) is 0.821. The maximum Gasteiger partial charge on any atom is 0.114 e. The van der Waals surface area contributed by atoms with Gasteiger partial charge in [0, 0.05) is 17.8 Å². The first-order valence-corrected chi connectivity index (χ1v) is 3.23. The van der Waals surface area contributed by atoms with Crippen molar-refractivity contribution in [2.75, 3.05) is 0 Å². The molecule has 0 radical (unpaired) electrons. The zero-order chi connectivity index (χ0) is 7.61. The Morgan fingerprint density at radius 1 is 1.50 bits per heavy atom. The number of rotatable bonds is 0. The molecule has 1 aliphatic rings. The molecule has 2 nitrogen and oxygen atoms in total. The Hall–Kier alpha value is -1.05. The lowest BCUT2D eigenvalue weighted by Crippen LogP contribution is -2.08. The van der Waals surface area contributed by atoms with Gasteiger partial charge in [0.2, 0.25) is 0 Å². The number of aliphatic imine (C=N–C) groups is 1. The van der Waals surface area contributed by atoms with Gasteiger partial charge in [-0.05, 0) is 12.2 Å². The molecule has 0 unspecified atom stereocenters. The molecule has 2 heteroatoms. The van der Waals surface area contributed by atoms with Gasteiger partial charge in [0.15, 0.2) is 0 Å². The van der Waals surface area contributed by atoms with Gasteiger partial charge in [-0.2, -0.15) is 0 Å². The van der Waals surface area contributed by atoms with Gasteiger partial charge in [-0.15, -0.1) is 0 Å². The first-order valence-electron chi connectivity index (χ1n) is 3.23. The molecule has 1 heterocycles. The maximum atomic E-state index is 9.12. The summed E-state index contributed by atoms with van der Waals surface area (Å²) in [4.78, 5) is 3.96. The average Bonchev–Trinajstić information content (AvgIpc) is 1.90. The molecule has 1 N–H and O–H groups in total. The van der Waals surface area contributed by atoms with Gasteiger partial charge >= 0.3 is 0 Å². The van der Waals surface area contributed by atoms with E-state index in [1.165, 1.54) is 0 Å². The second-order valence-corrected chi connectivity index (χ2v) is 2.98. The molecule has 0 atom stereocenters. The summed E-state index contributed by atoms with van der Waals surface area (Å²) in [6, 6.07) is 0. The molecule has 0 fully saturated rings. The minimum Gasteiger partial charge on any atom is -0.508 e. The van der Waals surface area contributed by atoms with Crippen LogP contribution in [0, 0.1) is 5.41 Å². The van der Waals surface area contributed by atoms with Crippen molar-refractivity contribution in [3.05, 3.63) is 24.1 Å². The van der Waals surface area contributed by atoms with Crippen LogP contribution in [-0.4, -0.2) is 11.3 Å². The zero-order valence-corrected chi connectivity index (χ0v) is 6.20. The fourth-order valence-electron chi connectivity index (χ4n) is 0.821. The molecule has 0 saturated carbocycles. The van der Waals surface area contributed by atoms with E-state index in [1.807, 2.05) is 13.8 Å². The zero-order valence-electron chi connectivity index (χ0n) is 6.20. The maximum absolute atomic E-state index is 9.12. The molecule has 0 bridgehead atoms. The lowest BCUT2D eigenvalue weighted by Gasteiger charge is -2.11. The molecule has 10 heavy (non-hydrogen) atoms. The summed E-state index contributed by atoms with van der Waals surface area (Å²) < 4.78 is 0. The van der Waals surface area contributed by atoms with Gasteiger partial charge < -0.3 is 5.11 Å². The Kier molecular flexibility index (Phi) is 1.62. The van der Waals surface area contributed by atoms with Gasteiger partial charge in [-0.25, -0.2) is 0 Å². The van der Waals surface area contributed by atoms with E-state index in [-0.39, 0.29) is 11.2 Å². The van der Waals surface area contributed by atoms with Crippen molar-refractivity contribution in [3.8, 4) is 0 Å². The highest BCUT2D eigenvalue weighted by Crippen LogP contribution is 2.17. The quantitative estimate of drug-likeness (QED) is 0.544. The number of hydrogen-bond donors (Lipinski definition) is 1.